The van der Waals surface area contributed by atoms with Gasteiger partial charge in [0.15, 0.2) is 18.9 Å². The van der Waals surface area contributed by atoms with Crippen molar-refractivity contribution < 1.29 is 89.4 Å². The van der Waals surface area contributed by atoms with E-state index in [1.807, 2.05) is 6.08 Å². The van der Waals surface area contributed by atoms with Gasteiger partial charge >= 0.3 is 0 Å². The summed E-state index contributed by atoms with van der Waals surface area (Å²) in [5, 5.41) is 121. The number of rotatable bonds is 79. The van der Waals surface area contributed by atoms with Gasteiger partial charge in [-0.1, -0.05) is 389 Å². The third-order valence-electron chi connectivity index (χ3n) is 23.8. The van der Waals surface area contributed by atoms with E-state index in [-0.39, 0.29) is 18.9 Å². The number of nitrogens with one attached hydrogen (secondary N) is 1. The molecular weight excluding hydrogens is 1460 g/mol. The molecule has 3 saturated heterocycles. The Hall–Kier alpha value is -2.51. The Labute approximate surface area is 700 Å². The van der Waals surface area contributed by atoms with Gasteiger partial charge < -0.3 is 89.9 Å². The molecule has 3 fully saturated rings. The molecule has 0 aromatic heterocycles. The lowest BCUT2D eigenvalue weighted by Crippen LogP contribution is -2.66. The van der Waals surface area contributed by atoms with Gasteiger partial charge in [-0.15, -0.1) is 0 Å². The minimum absolute atomic E-state index is 0.235. The zero-order chi connectivity index (χ0) is 83.1. The van der Waals surface area contributed by atoms with E-state index in [4.69, 9.17) is 28.4 Å². The third-order valence-corrected chi connectivity index (χ3v) is 23.8. The van der Waals surface area contributed by atoms with E-state index in [1.165, 1.54) is 327 Å². The fraction of sp³-hybridized carbons (Fsp3) is 0.885. The number of unbranched alkanes of at least 4 members (excludes halogenated alkanes) is 55. The molecular formula is C96H177NO18. The average molecular weight is 1630 g/mol. The van der Waals surface area contributed by atoms with Crippen LogP contribution in [0.25, 0.3) is 0 Å². The Bertz CT molecular complexity index is 2310. The maximum absolute atomic E-state index is 13.5. The number of carbonyl (C=O) groups is 1. The molecule has 3 aliphatic heterocycles. The lowest BCUT2D eigenvalue weighted by Gasteiger charge is -2.48. The molecule has 115 heavy (non-hydrogen) atoms. The lowest BCUT2D eigenvalue weighted by molar-refractivity contribution is -0.379. The molecule has 0 spiro atoms. The predicted octanol–water partition coefficient (Wildman–Crippen LogP) is 19.3. The van der Waals surface area contributed by atoms with Crippen molar-refractivity contribution in [2.24, 2.45) is 0 Å². The molecule has 17 unspecified atom stereocenters. The van der Waals surface area contributed by atoms with Gasteiger partial charge in [-0.25, -0.2) is 0 Å². The van der Waals surface area contributed by atoms with Crippen LogP contribution in [0.1, 0.15) is 412 Å². The van der Waals surface area contributed by atoms with Gasteiger partial charge in [0.1, 0.15) is 73.2 Å². The molecule has 19 nitrogen and oxygen atoms in total. The molecule has 3 rings (SSSR count). The first kappa shape index (κ1) is 107. The summed E-state index contributed by atoms with van der Waals surface area (Å²) in [6.45, 7) is 1.76. The Morgan fingerprint density at radius 1 is 0.313 bits per heavy atom. The monoisotopic (exact) mass is 1630 g/mol. The number of allylic oxidation sites excluding steroid dienone is 9. The SMILES string of the molecule is CCCCCCC/C=C\C/C=C\CCCCCCCCCCCCCCCCCCCCCCCCCCCCCCCC(=O)NC(COC1OC(CO)C(OC2OC(CO)C(OC3OC(CO)C(O)C(O)C3O)C(O)C2O)C(O)C1O)C(O)/C=C/CC/C=C/CC/C=C/CCCCCCCCCCCCCCCCCCCCC. The van der Waals surface area contributed by atoms with Crippen molar-refractivity contribution in [1.29, 1.82) is 0 Å². The standard InChI is InChI=1S/C96H177NO18/c1-3-5-7-9-11-13-15-17-19-21-23-25-27-29-31-33-34-35-36-37-38-39-40-41-42-43-44-46-48-50-52-54-56-58-60-62-64-66-68-70-72-74-84(102)97-79(80(101)73-71-69-67-65-63-61-59-57-55-53-51-49-47-45-32-30-28-26-24-22-20-18-16-14-12-10-8-6-4-2)78-110-94-90(108)87(105)92(82(76-99)112-94)115-96-91(109)88(106)93(83(77-100)113-96)114-95-89(107)86(104)85(103)81(75-98)111-95/h15,17,21,23,55,57,63,65,71,73,79-83,85-96,98-101,103-109H,3-14,16,18-20,22,24-54,56,58-62,64,66-70,72,74-78H2,1-2H3,(H,97,102)/b17-15-,23-21-,57-55+,65-63+,73-71+. The van der Waals surface area contributed by atoms with Crippen LogP contribution in [0.5, 0.6) is 0 Å². The fourth-order valence-electron chi connectivity index (χ4n) is 16.1. The number of hydrogen-bond acceptors (Lipinski definition) is 18. The van der Waals surface area contributed by atoms with Gasteiger partial charge in [0, 0.05) is 6.42 Å². The van der Waals surface area contributed by atoms with Crippen LogP contribution in [0.2, 0.25) is 0 Å². The van der Waals surface area contributed by atoms with Crippen molar-refractivity contribution in [3.05, 3.63) is 60.8 Å². The summed E-state index contributed by atoms with van der Waals surface area (Å²) in [6, 6.07) is -0.999. The Morgan fingerprint density at radius 3 is 0.922 bits per heavy atom. The highest BCUT2D eigenvalue weighted by atomic mass is 16.8. The van der Waals surface area contributed by atoms with Crippen LogP contribution in [0.4, 0.5) is 0 Å². The van der Waals surface area contributed by atoms with Crippen molar-refractivity contribution in [2.45, 2.75) is 516 Å². The topological polar surface area (TPSA) is 307 Å². The largest absolute Gasteiger partial charge is 0.394 e. The maximum Gasteiger partial charge on any atom is 0.220 e. The number of hydrogen-bond donors (Lipinski definition) is 12. The lowest BCUT2D eigenvalue weighted by atomic mass is 9.96. The second-order valence-electron chi connectivity index (χ2n) is 34.2. The van der Waals surface area contributed by atoms with Gasteiger partial charge in [0.05, 0.1) is 38.6 Å². The quantitative estimate of drug-likeness (QED) is 0.0199. The molecule has 0 bridgehead atoms. The van der Waals surface area contributed by atoms with Crippen molar-refractivity contribution in [3.8, 4) is 0 Å². The van der Waals surface area contributed by atoms with Gasteiger partial charge in [-0.05, 0) is 77.0 Å². The second kappa shape index (κ2) is 75.2. The van der Waals surface area contributed by atoms with E-state index in [0.717, 1.165) is 51.4 Å². The zero-order valence-corrected chi connectivity index (χ0v) is 73.0. The minimum Gasteiger partial charge on any atom is -0.394 e. The smallest absolute Gasteiger partial charge is 0.220 e. The molecule has 17 atom stereocenters. The van der Waals surface area contributed by atoms with Crippen molar-refractivity contribution in [3.63, 3.8) is 0 Å². The van der Waals surface area contributed by atoms with Gasteiger partial charge in [-0.2, -0.15) is 0 Å². The van der Waals surface area contributed by atoms with Gasteiger partial charge in [-0.3, -0.25) is 4.79 Å². The molecule has 0 aliphatic carbocycles. The molecule has 0 saturated carbocycles. The molecule has 12 N–H and O–H groups in total. The number of carbonyl (C=O) groups excluding carboxylic acids is 1. The average Bonchev–Trinajstić information content (AvgIpc) is 0.778. The predicted molar refractivity (Wildman–Crippen MR) is 466 cm³/mol. The van der Waals surface area contributed by atoms with Crippen LogP contribution in [-0.4, -0.2) is 193 Å². The number of ether oxygens (including phenoxy) is 6. The Morgan fingerprint density at radius 2 is 0.583 bits per heavy atom. The van der Waals surface area contributed by atoms with Gasteiger partial charge in [0.2, 0.25) is 5.91 Å². The van der Waals surface area contributed by atoms with E-state index >= 15 is 0 Å². The van der Waals surface area contributed by atoms with Crippen LogP contribution in [0, 0.1) is 0 Å². The summed E-state index contributed by atoms with van der Waals surface area (Å²) in [5.74, 6) is -0.282. The number of aliphatic hydroxyl groups is 11. The summed E-state index contributed by atoms with van der Waals surface area (Å²) in [4.78, 5) is 13.5. The van der Waals surface area contributed by atoms with Crippen molar-refractivity contribution in [1.82, 2.24) is 5.32 Å². The van der Waals surface area contributed by atoms with E-state index < -0.39 is 124 Å². The molecule has 3 heterocycles. The first-order valence-electron chi connectivity index (χ1n) is 48.0. The number of aliphatic hydroxyl groups excluding tert-OH is 11. The Kier molecular flexibility index (Phi) is 69.8. The normalized spacial score (nSPS) is 24.8. The highest BCUT2D eigenvalue weighted by molar-refractivity contribution is 5.76. The molecule has 1 amide bonds. The molecule has 0 aromatic carbocycles. The summed E-state index contributed by atoms with van der Waals surface area (Å²) in [6.07, 6.45) is 74.1. The van der Waals surface area contributed by atoms with Crippen LogP contribution in [0.15, 0.2) is 60.8 Å². The fourth-order valence-corrected chi connectivity index (χ4v) is 16.1. The van der Waals surface area contributed by atoms with Crippen molar-refractivity contribution >= 4 is 5.91 Å². The van der Waals surface area contributed by atoms with E-state index in [9.17, 15) is 61.0 Å². The Balaban J connectivity index is 1.30. The zero-order valence-electron chi connectivity index (χ0n) is 73.0. The first-order chi connectivity index (χ1) is 56.3. The molecule has 19 heteroatoms. The highest BCUT2D eigenvalue weighted by Crippen LogP contribution is 2.34. The van der Waals surface area contributed by atoms with E-state index in [1.54, 1.807) is 6.08 Å². The van der Waals surface area contributed by atoms with Crippen molar-refractivity contribution in [2.75, 3.05) is 26.4 Å². The van der Waals surface area contributed by atoms with Crippen LogP contribution in [0.3, 0.4) is 0 Å². The molecule has 3 aliphatic rings. The molecule has 674 valence electrons. The van der Waals surface area contributed by atoms with E-state index in [2.05, 4.69) is 67.8 Å². The second-order valence-corrected chi connectivity index (χ2v) is 34.2. The summed E-state index contributed by atoms with van der Waals surface area (Å²) in [5.41, 5.74) is 0. The summed E-state index contributed by atoms with van der Waals surface area (Å²) < 4.78 is 34.5. The van der Waals surface area contributed by atoms with Crippen LogP contribution in [-0.2, 0) is 33.2 Å². The maximum atomic E-state index is 13.5. The molecule has 0 radical (unpaired) electrons. The highest BCUT2D eigenvalue weighted by Gasteiger charge is 2.54. The third kappa shape index (κ3) is 53.2. The number of amides is 1. The van der Waals surface area contributed by atoms with E-state index in [0.29, 0.717) is 12.8 Å². The summed E-state index contributed by atoms with van der Waals surface area (Å²) in [7, 11) is 0. The van der Waals surface area contributed by atoms with Gasteiger partial charge in [0.25, 0.3) is 0 Å². The van der Waals surface area contributed by atoms with Crippen LogP contribution < -0.4 is 5.32 Å². The minimum atomic E-state index is -1.98. The summed E-state index contributed by atoms with van der Waals surface area (Å²) >= 11 is 0. The van der Waals surface area contributed by atoms with Crippen LogP contribution >= 0.6 is 0 Å². The molecule has 0 aromatic rings. The first-order valence-corrected chi connectivity index (χ1v) is 48.0.